The molecule has 0 saturated heterocycles. The topological polar surface area (TPSA) is 66.8 Å². The number of hydrogen-bond acceptors (Lipinski definition) is 4. The van der Waals surface area contributed by atoms with Gasteiger partial charge >= 0.3 is 5.97 Å². The molecule has 4 rings (SSSR count). The van der Waals surface area contributed by atoms with Crippen molar-refractivity contribution in [2.24, 2.45) is 40.4 Å². The molecule has 0 aromatic heterocycles. The van der Waals surface area contributed by atoms with Crippen LogP contribution in [0.25, 0.3) is 0 Å². The average molecular weight is 350 g/mol. The van der Waals surface area contributed by atoms with Gasteiger partial charge in [-0.25, -0.2) is 0 Å². The van der Waals surface area contributed by atoms with E-state index in [0.717, 1.165) is 51.4 Å². The molecule has 0 amide bonds. The minimum absolute atomic E-state index is 0.0585. The first-order valence-electron chi connectivity index (χ1n) is 10.2. The van der Waals surface area contributed by atoms with Crippen LogP contribution in [-0.2, 0) is 9.53 Å². The number of ether oxygens (including phenoxy) is 1. The largest absolute Gasteiger partial charge is 0.469 e. The molecule has 4 aliphatic carbocycles. The molecule has 4 fully saturated rings. The maximum absolute atomic E-state index is 12.3. The highest BCUT2D eigenvalue weighted by molar-refractivity contribution is 5.73. The average Bonchev–Trinajstić information content (AvgIpc) is 2.91. The van der Waals surface area contributed by atoms with E-state index < -0.39 is 0 Å². The van der Waals surface area contributed by atoms with Crippen LogP contribution >= 0.6 is 0 Å². The Bertz CT molecular complexity index is 548. The molecule has 2 N–H and O–H groups in total. The van der Waals surface area contributed by atoms with Gasteiger partial charge in [0.1, 0.15) is 0 Å². The molecular formula is C21H34O4. The van der Waals surface area contributed by atoms with Crippen molar-refractivity contribution in [3.8, 4) is 0 Å². The summed E-state index contributed by atoms with van der Waals surface area (Å²) in [5, 5.41) is 21.4. The van der Waals surface area contributed by atoms with E-state index in [9.17, 15) is 15.0 Å². The minimum Gasteiger partial charge on any atom is -0.469 e. The van der Waals surface area contributed by atoms with E-state index in [0.29, 0.717) is 23.7 Å². The lowest BCUT2D eigenvalue weighted by Crippen LogP contribution is -2.59. The minimum atomic E-state index is -0.334. The van der Waals surface area contributed by atoms with Crippen LogP contribution in [0.1, 0.15) is 65.2 Å². The van der Waals surface area contributed by atoms with Gasteiger partial charge in [-0.3, -0.25) is 4.79 Å². The molecule has 0 aromatic carbocycles. The third-order valence-corrected chi connectivity index (χ3v) is 9.05. The predicted molar refractivity (Wildman–Crippen MR) is 94.6 cm³/mol. The van der Waals surface area contributed by atoms with E-state index >= 15 is 0 Å². The zero-order valence-corrected chi connectivity index (χ0v) is 15.9. The van der Waals surface area contributed by atoms with E-state index in [2.05, 4.69) is 13.8 Å². The first kappa shape index (κ1) is 17.8. The molecule has 0 spiro atoms. The van der Waals surface area contributed by atoms with Crippen molar-refractivity contribution in [2.45, 2.75) is 77.4 Å². The molecule has 4 nitrogen and oxygen atoms in total. The fourth-order valence-electron chi connectivity index (χ4n) is 7.89. The number of carbonyl (C=O) groups excluding carboxylic acids is 1. The lowest BCUT2D eigenvalue weighted by atomic mass is 9.44. The molecule has 4 saturated carbocycles. The number of aliphatic hydroxyl groups is 2. The van der Waals surface area contributed by atoms with Gasteiger partial charge in [-0.2, -0.15) is 0 Å². The molecule has 4 aliphatic rings. The van der Waals surface area contributed by atoms with Gasteiger partial charge in [0.2, 0.25) is 0 Å². The van der Waals surface area contributed by atoms with Crippen LogP contribution in [0.2, 0.25) is 0 Å². The zero-order valence-electron chi connectivity index (χ0n) is 15.9. The number of aliphatic hydroxyl groups excluding tert-OH is 2. The molecule has 0 aliphatic heterocycles. The molecule has 9 atom stereocenters. The van der Waals surface area contributed by atoms with E-state index in [1.54, 1.807) is 0 Å². The van der Waals surface area contributed by atoms with Crippen LogP contribution in [0.15, 0.2) is 0 Å². The maximum Gasteiger partial charge on any atom is 0.309 e. The fraction of sp³-hybridized carbons (Fsp3) is 0.952. The molecule has 0 heterocycles. The van der Waals surface area contributed by atoms with E-state index in [-0.39, 0.29) is 34.9 Å². The number of methoxy groups -OCH3 is 1. The third-order valence-electron chi connectivity index (χ3n) is 9.05. The molecule has 4 unspecified atom stereocenters. The number of rotatable bonds is 1. The van der Waals surface area contributed by atoms with Gasteiger partial charge in [-0.1, -0.05) is 13.8 Å². The van der Waals surface area contributed by atoms with Crippen molar-refractivity contribution in [1.29, 1.82) is 0 Å². The Morgan fingerprint density at radius 1 is 1.04 bits per heavy atom. The van der Waals surface area contributed by atoms with Crippen LogP contribution in [0.3, 0.4) is 0 Å². The summed E-state index contributed by atoms with van der Waals surface area (Å²) in [5.41, 5.74) is 0.0251. The summed E-state index contributed by atoms with van der Waals surface area (Å²) < 4.78 is 5.09. The van der Waals surface area contributed by atoms with Gasteiger partial charge in [0.05, 0.1) is 25.2 Å². The summed E-state index contributed by atoms with van der Waals surface area (Å²) in [4.78, 5) is 12.3. The monoisotopic (exact) mass is 350 g/mol. The summed E-state index contributed by atoms with van der Waals surface area (Å²) >= 11 is 0. The SMILES string of the molecule is COC(=O)C1CC[C@H]2[C@@H]3CCC4CC(O)CC[C@]4(C)[C@@H]3C(O)C[C@]12C. The van der Waals surface area contributed by atoms with Crippen molar-refractivity contribution >= 4 is 5.97 Å². The summed E-state index contributed by atoms with van der Waals surface area (Å²) in [6.45, 7) is 4.60. The van der Waals surface area contributed by atoms with E-state index in [4.69, 9.17) is 4.74 Å². The van der Waals surface area contributed by atoms with E-state index in [1.165, 1.54) is 7.11 Å². The van der Waals surface area contributed by atoms with Crippen LogP contribution in [0.5, 0.6) is 0 Å². The van der Waals surface area contributed by atoms with Crippen molar-refractivity contribution in [3.05, 3.63) is 0 Å². The number of esters is 1. The van der Waals surface area contributed by atoms with Crippen LogP contribution < -0.4 is 0 Å². The Hall–Kier alpha value is -0.610. The Kier molecular flexibility index (Phi) is 4.23. The molecule has 0 radical (unpaired) electrons. The summed E-state index contributed by atoms with van der Waals surface area (Å²) in [6.07, 6.45) is 7.34. The molecule has 4 heteroatoms. The van der Waals surface area contributed by atoms with Crippen molar-refractivity contribution in [3.63, 3.8) is 0 Å². The maximum atomic E-state index is 12.3. The molecular weight excluding hydrogens is 316 g/mol. The van der Waals surface area contributed by atoms with Gasteiger partial charge in [0.25, 0.3) is 0 Å². The Labute approximate surface area is 151 Å². The number of carbonyl (C=O) groups is 1. The van der Waals surface area contributed by atoms with Gasteiger partial charge < -0.3 is 14.9 Å². The number of fused-ring (bicyclic) bond motifs is 5. The second kappa shape index (κ2) is 5.95. The number of hydrogen-bond donors (Lipinski definition) is 2. The summed E-state index contributed by atoms with van der Waals surface area (Å²) in [5.74, 6) is 1.75. The predicted octanol–water partition coefficient (Wildman–Crippen LogP) is 3.15. The van der Waals surface area contributed by atoms with E-state index in [1.807, 2.05) is 0 Å². The van der Waals surface area contributed by atoms with Crippen molar-refractivity contribution < 1.29 is 19.7 Å². The van der Waals surface area contributed by atoms with Gasteiger partial charge in [-0.15, -0.1) is 0 Å². The lowest BCUT2D eigenvalue weighted by Gasteiger charge is -2.62. The first-order chi connectivity index (χ1) is 11.8. The van der Waals surface area contributed by atoms with Gasteiger partial charge in [0.15, 0.2) is 0 Å². The standard InChI is InChI=1S/C21H34O4/c1-20-9-8-13(22)10-12(20)4-5-14-15-6-7-16(19(24)25-3)21(15,2)11-17(23)18(14)20/h12-18,22-23H,4-11H2,1-3H3/t12?,13?,14-,15-,16?,17?,18-,20-,21-/m0/s1. The molecule has 142 valence electrons. The zero-order chi connectivity index (χ0) is 18.0. The smallest absolute Gasteiger partial charge is 0.309 e. The van der Waals surface area contributed by atoms with Gasteiger partial charge in [-0.05, 0) is 85.9 Å². The van der Waals surface area contributed by atoms with Crippen molar-refractivity contribution in [2.75, 3.05) is 7.11 Å². The highest BCUT2D eigenvalue weighted by Crippen LogP contribution is 2.67. The van der Waals surface area contributed by atoms with Crippen LogP contribution in [-0.4, -0.2) is 35.5 Å². The Morgan fingerprint density at radius 2 is 1.80 bits per heavy atom. The first-order valence-corrected chi connectivity index (χ1v) is 10.2. The normalized spacial score (nSPS) is 55.0. The second-order valence-corrected chi connectivity index (χ2v) is 9.93. The summed E-state index contributed by atoms with van der Waals surface area (Å²) in [6, 6.07) is 0. The fourth-order valence-corrected chi connectivity index (χ4v) is 7.89. The van der Waals surface area contributed by atoms with Crippen LogP contribution in [0, 0.1) is 40.4 Å². The molecule has 0 aromatic rings. The quantitative estimate of drug-likeness (QED) is 0.713. The highest BCUT2D eigenvalue weighted by Gasteiger charge is 2.64. The Balaban J connectivity index is 1.65. The van der Waals surface area contributed by atoms with Gasteiger partial charge in [0, 0.05) is 0 Å². The van der Waals surface area contributed by atoms with Crippen molar-refractivity contribution in [1.82, 2.24) is 0 Å². The van der Waals surface area contributed by atoms with Crippen LogP contribution in [0.4, 0.5) is 0 Å². The third kappa shape index (κ3) is 2.43. The second-order valence-electron chi connectivity index (χ2n) is 9.93. The summed E-state index contributed by atoms with van der Waals surface area (Å²) in [7, 11) is 1.49. The molecule has 0 bridgehead atoms. The Morgan fingerprint density at radius 3 is 2.52 bits per heavy atom. The highest BCUT2D eigenvalue weighted by atomic mass is 16.5. The molecule has 25 heavy (non-hydrogen) atoms. The lowest BCUT2D eigenvalue weighted by molar-refractivity contribution is -0.183.